The molecule has 6 nitrogen and oxygen atoms in total. The van der Waals surface area contributed by atoms with Gasteiger partial charge >= 0.3 is 0 Å². The van der Waals surface area contributed by atoms with Gasteiger partial charge in [0.25, 0.3) is 5.91 Å². The first-order valence-electron chi connectivity index (χ1n) is 10.2. The minimum Gasteiger partial charge on any atom is -0.484 e. The van der Waals surface area contributed by atoms with Gasteiger partial charge in [-0.2, -0.15) is 0 Å². The fourth-order valence-corrected chi connectivity index (χ4v) is 3.82. The summed E-state index contributed by atoms with van der Waals surface area (Å²) in [5, 5.41) is 0. The first-order chi connectivity index (χ1) is 14.6. The Kier molecular flexibility index (Phi) is 5.93. The van der Waals surface area contributed by atoms with Gasteiger partial charge < -0.3 is 15.4 Å². The summed E-state index contributed by atoms with van der Waals surface area (Å²) in [5.41, 5.74) is 9.89. The van der Waals surface area contributed by atoms with E-state index in [0.29, 0.717) is 11.7 Å². The molecular formula is C24H26N4O2. The van der Waals surface area contributed by atoms with Crippen molar-refractivity contribution in [3.63, 3.8) is 0 Å². The highest BCUT2D eigenvalue weighted by atomic mass is 16.5. The Morgan fingerprint density at radius 3 is 2.57 bits per heavy atom. The molecule has 154 valence electrons. The molecule has 3 heterocycles. The summed E-state index contributed by atoms with van der Waals surface area (Å²) in [6, 6.07) is 17.4. The topological polar surface area (TPSA) is 81.3 Å². The van der Waals surface area contributed by atoms with Crippen molar-refractivity contribution in [2.24, 2.45) is 0 Å². The van der Waals surface area contributed by atoms with Gasteiger partial charge in [0.1, 0.15) is 11.6 Å². The average molecular weight is 402 g/mol. The SMILES string of the molecule is Cc1cc(-c2ccc(N)nc2)cc(C2CCN(C(=O)COc3ccccc3)CC2)n1. The van der Waals surface area contributed by atoms with Crippen LogP contribution in [0.3, 0.4) is 0 Å². The van der Waals surface area contributed by atoms with Crippen molar-refractivity contribution in [3.8, 4) is 16.9 Å². The van der Waals surface area contributed by atoms with E-state index >= 15 is 0 Å². The predicted molar refractivity (Wildman–Crippen MR) is 117 cm³/mol. The Morgan fingerprint density at radius 1 is 1.10 bits per heavy atom. The van der Waals surface area contributed by atoms with Crippen molar-refractivity contribution in [2.45, 2.75) is 25.7 Å². The number of rotatable bonds is 5. The van der Waals surface area contributed by atoms with Gasteiger partial charge in [0.15, 0.2) is 6.61 Å². The Labute approximate surface area is 176 Å². The second kappa shape index (κ2) is 8.95. The van der Waals surface area contributed by atoms with Crippen molar-refractivity contribution in [3.05, 3.63) is 72.2 Å². The largest absolute Gasteiger partial charge is 0.484 e. The van der Waals surface area contributed by atoms with Crippen molar-refractivity contribution in [1.29, 1.82) is 0 Å². The van der Waals surface area contributed by atoms with Crippen LogP contribution in [0.15, 0.2) is 60.8 Å². The van der Waals surface area contributed by atoms with Crippen LogP contribution in [0.4, 0.5) is 5.82 Å². The molecule has 30 heavy (non-hydrogen) atoms. The molecule has 0 saturated carbocycles. The molecule has 0 radical (unpaired) electrons. The lowest BCUT2D eigenvalue weighted by molar-refractivity contribution is -0.134. The fourth-order valence-electron chi connectivity index (χ4n) is 3.82. The van der Waals surface area contributed by atoms with E-state index in [4.69, 9.17) is 15.5 Å². The van der Waals surface area contributed by atoms with E-state index in [2.05, 4.69) is 17.1 Å². The number of carbonyl (C=O) groups excluding carboxylic acids is 1. The highest BCUT2D eigenvalue weighted by Crippen LogP contribution is 2.30. The number of amides is 1. The van der Waals surface area contributed by atoms with Crippen molar-refractivity contribution < 1.29 is 9.53 Å². The van der Waals surface area contributed by atoms with E-state index in [1.54, 1.807) is 6.20 Å². The van der Waals surface area contributed by atoms with Crippen LogP contribution in [0.2, 0.25) is 0 Å². The summed E-state index contributed by atoms with van der Waals surface area (Å²) in [6.45, 7) is 3.52. The zero-order valence-corrected chi connectivity index (χ0v) is 17.1. The highest BCUT2D eigenvalue weighted by Gasteiger charge is 2.25. The normalized spacial score (nSPS) is 14.5. The van der Waals surface area contributed by atoms with E-state index in [1.165, 1.54) is 0 Å². The van der Waals surface area contributed by atoms with Crippen LogP contribution < -0.4 is 10.5 Å². The number of anilines is 1. The number of nitrogen functional groups attached to an aromatic ring is 1. The maximum Gasteiger partial charge on any atom is 0.260 e. The lowest BCUT2D eigenvalue weighted by Crippen LogP contribution is -2.40. The number of aromatic nitrogens is 2. The van der Waals surface area contributed by atoms with Crippen molar-refractivity contribution in [1.82, 2.24) is 14.9 Å². The monoisotopic (exact) mass is 402 g/mol. The molecule has 1 aliphatic rings. The maximum atomic E-state index is 12.5. The number of hydrogen-bond acceptors (Lipinski definition) is 5. The van der Waals surface area contributed by atoms with E-state index in [1.807, 2.05) is 54.3 Å². The van der Waals surface area contributed by atoms with E-state index in [0.717, 1.165) is 54.2 Å². The minimum atomic E-state index is 0.0307. The third-order valence-corrected chi connectivity index (χ3v) is 5.46. The molecule has 0 unspecified atom stereocenters. The van der Waals surface area contributed by atoms with Crippen LogP contribution in [0.25, 0.3) is 11.1 Å². The van der Waals surface area contributed by atoms with Crippen LogP contribution in [-0.4, -0.2) is 40.5 Å². The molecule has 1 fully saturated rings. The van der Waals surface area contributed by atoms with Gasteiger partial charge in [-0.1, -0.05) is 18.2 Å². The number of carbonyl (C=O) groups is 1. The van der Waals surface area contributed by atoms with Gasteiger partial charge in [-0.15, -0.1) is 0 Å². The Balaban J connectivity index is 1.38. The molecule has 2 N–H and O–H groups in total. The molecule has 3 aromatic rings. The van der Waals surface area contributed by atoms with Gasteiger partial charge in [-0.3, -0.25) is 9.78 Å². The highest BCUT2D eigenvalue weighted by molar-refractivity contribution is 5.78. The Bertz CT molecular complexity index is 997. The molecule has 1 aliphatic heterocycles. The summed E-state index contributed by atoms with van der Waals surface area (Å²) >= 11 is 0. The second-order valence-electron chi connectivity index (χ2n) is 7.65. The molecule has 2 aromatic heterocycles. The standard InChI is InChI=1S/C24H26N4O2/c1-17-13-20(19-7-8-23(25)26-15-19)14-22(27-17)18-9-11-28(12-10-18)24(29)16-30-21-5-3-2-4-6-21/h2-8,13-15,18H,9-12,16H2,1H3,(H2,25,26). The second-order valence-corrected chi connectivity index (χ2v) is 7.65. The van der Waals surface area contributed by atoms with Gasteiger partial charge in [0.05, 0.1) is 0 Å². The molecule has 4 rings (SSSR count). The zero-order chi connectivity index (χ0) is 20.9. The number of ether oxygens (including phenoxy) is 1. The van der Waals surface area contributed by atoms with E-state index < -0.39 is 0 Å². The third-order valence-electron chi connectivity index (χ3n) is 5.46. The average Bonchev–Trinajstić information content (AvgIpc) is 2.78. The van der Waals surface area contributed by atoms with Crippen LogP contribution in [0, 0.1) is 6.92 Å². The minimum absolute atomic E-state index is 0.0307. The van der Waals surface area contributed by atoms with Gasteiger partial charge in [0.2, 0.25) is 0 Å². The molecular weight excluding hydrogens is 376 g/mol. The molecule has 1 saturated heterocycles. The number of likely N-dealkylation sites (tertiary alicyclic amines) is 1. The number of nitrogens with zero attached hydrogens (tertiary/aromatic N) is 3. The molecule has 1 aromatic carbocycles. The van der Waals surface area contributed by atoms with Gasteiger partial charge in [-0.05, 0) is 61.7 Å². The molecule has 0 aliphatic carbocycles. The van der Waals surface area contributed by atoms with Crippen molar-refractivity contribution >= 4 is 11.7 Å². The summed E-state index contributed by atoms with van der Waals surface area (Å²) < 4.78 is 5.60. The lowest BCUT2D eigenvalue weighted by atomic mass is 9.91. The smallest absolute Gasteiger partial charge is 0.260 e. The molecule has 0 atom stereocenters. The summed E-state index contributed by atoms with van der Waals surface area (Å²) in [5.74, 6) is 1.60. The quantitative estimate of drug-likeness (QED) is 0.702. The maximum absolute atomic E-state index is 12.5. The molecule has 1 amide bonds. The number of piperidine rings is 1. The predicted octanol–water partition coefficient (Wildman–Crippen LogP) is 3.82. The van der Waals surface area contributed by atoms with Crippen LogP contribution in [0.1, 0.15) is 30.1 Å². The number of aryl methyl sites for hydroxylation is 1. The third kappa shape index (κ3) is 4.76. The van der Waals surface area contributed by atoms with E-state index in [-0.39, 0.29) is 12.5 Å². The summed E-state index contributed by atoms with van der Waals surface area (Å²) in [4.78, 5) is 23.4. The molecule has 0 bridgehead atoms. The first kappa shape index (κ1) is 19.9. The zero-order valence-electron chi connectivity index (χ0n) is 17.1. The van der Waals surface area contributed by atoms with E-state index in [9.17, 15) is 4.79 Å². The Morgan fingerprint density at radius 2 is 1.87 bits per heavy atom. The van der Waals surface area contributed by atoms with Crippen LogP contribution in [0.5, 0.6) is 5.75 Å². The number of pyridine rings is 2. The van der Waals surface area contributed by atoms with Crippen molar-refractivity contribution in [2.75, 3.05) is 25.4 Å². The number of benzene rings is 1. The number of nitrogens with two attached hydrogens (primary N) is 1. The van der Waals surface area contributed by atoms with Gasteiger partial charge in [0, 0.05) is 42.2 Å². The number of para-hydroxylation sites is 1. The summed E-state index contributed by atoms with van der Waals surface area (Å²) in [7, 11) is 0. The Hall–Kier alpha value is -3.41. The summed E-state index contributed by atoms with van der Waals surface area (Å²) in [6.07, 6.45) is 3.59. The van der Waals surface area contributed by atoms with Gasteiger partial charge in [-0.25, -0.2) is 4.98 Å². The molecule has 6 heteroatoms. The number of hydrogen-bond donors (Lipinski definition) is 1. The molecule has 0 spiro atoms. The van der Waals surface area contributed by atoms with Crippen LogP contribution >= 0.6 is 0 Å². The van der Waals surface area contributed by atoms with Crippen LogP contribution in [-0.2, 0) is 4.79 Å². The first-order valence-corrected chi connectivity index (χ1v) is 10.2. The fraction of sp³-hybridized carbons (Fsp3) is 0.292. The lowest BCUT2D eigenvalue weighted by Gasteiger charge is -2.32.